The largest absolute Gasteiger partial charge is 0.496 e. The molecular weight excluding hydrogens is 266 g/mol. The number of carbonyl (C=O) groups excluding carboxylic acids is 1. The average molecular weight is 291 g/mol. The highest BCUT2D eigenvalue weighted by molar-refractivity contribution is 5.93. The van der Waals surface area contributed by atoms with Crippen molar-refractivity contribution in [1.29, 1.82) is 0 Å². The topological polar surface area (TPSA) is 53.6 Å². The van der Waals surface area contributed by atoms with Crippen LogP contribution < -0.4 is 15.4 Å². The van der Waals surface area contributed by atoms with Crippen LogP contribution in [-0.4, -0.2) is 50.6 Å². The first-order chi connectivity index (χ1) is 10.1. The normalized spacial score (nSPS) is 16.3. The number of methoxy groups -OCH3 is 1. The summed E-state index contributed by atoms with van der Waals surface area (Å²) < 4.78 is 5.39. The van der Waals surface area contributed by atoms with E-state index in [0.29, 0.717) is 6.54 Å². The summed E-state index contributed by atoms with van der Waals surface area (Å²) in [6.45, 7) is 8.29. The molecule has 0 spiro atoms. The number of benzene rings is 1. The Labute approximate surface area is 126 Å². The molecule has 0 radical (unpaired) electrons. The van der Waals surface area contributed by atoms with Crippen LogP contribution in [0, 0.1) is 13.8 Å². The maximum Gasteiger partial charge on any atom is 0.238 e. The van der Waals surface area contributed by atoms with Gasteiger partial charge in [-0.15, -0.1) is 0 Å². The Morgan fingerprint density at radius 2 is 2.14 bits per heavy atom. The first-order valence-corrected chi connectivity index (χ1v) is 7.49. The van der Waals surface area contributed by atoms with Crippen LogP contribution in [0.25, 0.3) is 0 Å². The zero-order valence-corrected chi connectivity index (χ0v) is 13.2. The van der Waals surface area contributed by atoms with Crippen molar-refractivity contribution in [2.75, 3.05) is 45.2 Å². The van der Waals surface area contributed by atoms with Gasteiger partial charge in [0.15, 0.2) is 0 Å². The van der Waals surface area contributed by atoms with Crippen molar-refractivity contribution in [2.45, 2.75) is 20.3 Å². The summed E-state index contributed by atoms with van der Waals surface area (Å²) in [5, 5.41) is 6.34. The number of ether oxygens (including phenoxy) is 1. The van der Waals surface area contributed by atoms with Gasteiger partial charge in [-0.05, 0) is 45.0 Å². The van der Waals surface area contributed by atoms with Crippen molar-refractivity contribution in [3.63, 3.8) is 0 Å². The third-order valence-electron chi connectivity index (χ3n) is 3.88. The Balaban J connectivity index is 1.99. The smallest absolute Gasteiger partial charge is 0.238 e. The minimum atomic E-state index is 0.0332. The van der Waals surface area contributed by atoms with Crippen LogP contribution in [0.5, 0.6) is 5.75 Å². The second kappa shape index (κ2) is 7.43. The molecule has 1 heterocycles. The predicted octanol–water partition coefficient (Wildman–Crippen LogP) is 1.55. The zero-order valence-electron chi connectivity index (χ0n) is 13.2. The minimum absolute atomic E-state index is 0.0332. The van der Waals surface area contributed by atoms with E-state index in [9.17, 15) is 4.79 Å². The first kappa shape index (κ1) is 15.8. The molecule has 1 aromatic rings. The van der Waals surface area contributed by atoms with Gasteiger partial charge in [-0.25, -0.2) is 0 Å². The van der Waals surface area contributed by atoms with E-state index in [1.807, 2.05) is 26.0 Å². The monoisotopic (exact) mass is 291 g/mol. The summed E-state index contributed by atoms with van der Waals surface area (Å²) in [5.74, 6) is 0.873. The molecule has 1 aliphatic heterocycles. The Hall–Kier alpha value is -1.59. The van der Waals surface area contributed by atoms with Crippen molar-refractivity contribution >= 4 is 11.6 Å². The van der Waals surface area contributed by atoms with E-state index in [0.717, 1.165) is 55.2 Å². The lowest BCUT2D eigenvalue weighted by molar-refractivity contribution is -0.117. The van der Waals surface area contributed by atoms with E-state index in [-0.39, 0.29) is 5.91 Å². The molecule has 2 rings (SSSR count). The van der Waals surface area contributed by atoms with E-state index < -0.39 is 0 Å². The number of anilines is 1. The fourth-order valence-corrected chi connectivity index (χ4v) is 2.73. The average Bonchev–Trinajstić information content (AvgIpc) is 2.71. The van der Waals surface area contributed by atoms with Gasteiger partial charge in [0.1, 0.15) is 5.75 Å². The molecule has 5 heteroatoms. The lowest BCUT2D eigenvalue weighted by Crippen LogP contribution is -2.35. The number of nitrogens with one attached hydrogen (secondary N) is 2. The number of nitrogens with zero attached hydrogens (tertiary/aromatic N) is 1. The highest BCUT2D eigenvalue weighted by atomic mass is 16.5. The fourth-order valence-electron chi connectivity index (χ4n) is 2.73. The van der Waals surface area contributed by atoms with E-state index in [1.165, 1.54) is 0 Å². The second-order valence-corrected chi connectivity index (χ2v) is 5.52. The minimum Gasteiger partial charge on any atom is -0.496 e. The Morgan fingerprint density at radius 1 is 1.33 bits per heavy atom. The molecule has 0 atom stereocenters. The molecule has 1 aromatic carbocycles. The van der Waals surface area contributed by atoms with Crippen LogP contribution in [-0.2, 0) is 4.79 Å². The molecule has 1 saturated heterocycles. The highest BCUT2D eigenvalue weighted by Gasteiger charge is 2.14. The van der Waals surface area contributed by atoms with Gasteiger partial charge in [-0.1, -0.05) is 6.07 Å². The van der Waals surface area contributed by atoms with Gasteiger partial charge in [-0.2, -0.15) is 0 Å². The molecule has 0 bridgehead atoms. The lowest BCUT2D eigenvalue weighted by Gasteiger charge is -2.19. The Kier molecular flexibility index (Phi) is 5.59. The van der Waals surface area contributed by atoms with Crippen LogP contribution in [0.3, 0.4) is 0 Å². The van der Waals surface area contributed by atoms with Crippen LogP contribution in [0.1, 0.15) is 17.5 Å². The van der Waals surface area contributed by atoms with Crippen molar-refractivity contribution in [1.82, 2.24) is 10.2 Å². The molecule has 2 N–H and O–H groups in total. The summed E-state index contributed by atoms with van der Waals surface area (Å²) in [6, 6.07) is 3.91. The molecule has 21 heavy (non-hydrogen) atoms. The van der Waals surface area contributed by atoms with E-state index in [1.54, 1.807) is 7.11 Å². The third kappa shape index (κ3) is 4.19. The van der Waals surface area contributed by atoms with Crippen LogP contribution in [0.15, 0.2) is 12.1 Å². The second-order valence-electron chi connectivity index (χ2n) is 5.52. The molecule has 0 unspecified atom stereocenters. The molecule has 1 fully saturated rings. The van der Waals surface area contributed by atoms with Gasteiger partial charge in [0.05, 0.1) is 13.7 Å². The maximum atomic E-state index is 12.2. The summed E-state index contributed by atoms with van der Waals surface area (Å²) in [6.07, 6.45) is 1.09. The lowest BCUT2D eigenvalue weighted by atomic mass is 10.1. The van der Waals surface area contributed by atoms with Gasteiger partial charge in [0, 0.05) is 24.3 Å². The van der Waals surface area contributed by atoms with Crippen LogP contribution in [0.4, 0.5) is 5.69 Å². The van der Waals surface area contributed by atoms with E-state index >= 15 is 0 Å². The molecule has 5 nitrogen and oxygen atoms in total. The quantitative estimate of drug-likeness (QED) is 0.884. The summed E-state index contributed by atoms with van der Waals surface area (Å²) in [5.41, 5.74) is 2.88. The van der Waals surface area contributed by atoms with Gasteiger partial charge < -0.3 is 15.4 Å². The number of hydrogen-bond acceptors (Lipinski definition) is 4. The SMILES string of the molecule is COc1c(C)ccc(NC(=O)CN2CCCNCC2)c1C. The molecule has 1 aliphatic rings. The molecule has 116 valence electrons. The summed E-state index contributed by atoms with van der Waals surface area (Å²) >= 11 is 0. The summed E-state index contributed by atoms with van der Waals surface area (Å²) in [4.78, 5) is 14.4. The molecule has 0 aromatic heterocycles. The Morgan fingerprint density at radius 3 is 2.90 bits per heavy atom. The number of amides is 1. The molecule has 0 aliphatic carbocycles. The zero-order chi connectivity index (χ0) is 15.2. The van der Waals surface area contributed by atoms with Crippen molar-refractivity contribution in [2.24, 2.45) is 0 Å². The highest BCUT2D eigenvalue weighted by Crippen LogP contribution is 2.29. The van der Waals surface area contributed by atoms with Crippen molar-refractivity contribution in [3.8, 4) is 5.75 Å². The third-order valence-corrected chi connectivity index (χ3v) is 3.88. The van der Waals surface area contributed by atoms with Crippen LogP contribution >= 0.6 is 0 Å². The maximum absolute atomic E-state index is 12.2. The number of rotatable bonds is 4. The Bertz CT molecular complexity index is 495. The summed E-state index contributed by atoms with van der Waals surface area (Å²) in [7, 11) is 1.66. The predicted molar refractivity (Wildman–Crippen MR) is 85.0 cm³/mol. The molecule has 1 amide bonds. The molecule has 0 saturated carbocycles. The van der Waals surface area contributed by atoms with E-state index in [4.69, 9.17) is 4.74 Å². The number of aryl methyl sites for hydroxylation is 1. The fraction of sp³-hybridized carbons (Fsp3) is 0.562. The van der Waals surface area contributed by atoms with Gasteiger partial charge in [0.25, 0.3) is 0 Å². The van der Waals surface area contributed by atoms with Crippen molar-refractivity contribution in [3.05, 3.63) is 23.3 Å². The molecular formula is C16H25N3O2. The van der Waals surface area contributed by atoms with E-state index in [2.05, 4.69) is 15.5 Å². The standard InChI is InChI=1S/C16H25N3O2/c1-12-5-6-14(13(2)16(12)21-3)18-15(20)11-19-9-4-7-17-8-10-19/h5-6,17H,4,7-11H2,1-3H3,(H,18,20). The van der Waals surface area contributed by atoms with Crippen LogP contribution in [0.2, 0.25) is 0 Å². The van der Waals surface area contributed by atoms with Gasteiger partial charge in [-0.3, -0.25) is 9.69 Å². The van der Waals surface area contributed by atoms with Gasteiger partial charge >= 0.3 is 0 Å². The van der Waals surface area contributed by atoms with Gasteiger partial charge in [0.2, 0.25) is 5.91 Å². The first-order valence-electron chi connectivity index (χ1n) is 7.49. The number of hydrogen-bond donors (Lipinski definition) is 2. The van der Waals surface area contributed by atoms with Crippen molar-refractivity contribution < 1.29 is 9.53 Å². The number of carbonyl (C=O) groups is 1.